The normalized spacial score (nSPS) is 11.8. The van der Waals surface area contributed by atoms with Crippen molar-refractivity contribution in [1.29, 1.82) is 0 Å². The first-order chi connectivity index (χ1) is 8.66. The SMILES string of the molecule is CCCCCCCCCC(=O)[N+](CC)(CC)CC. The minimum atomic E-state index is 0.455. The van der Waals surface area contributed by atoms with Gasteiger partial charge in [0.25, 0.3) is 0 Å². The molecule has 0 aromatic rings. The zero-order valence-corrected chi connectivity index (χ0v) is 13.1. The van der Waals surface area contributed by atoms with Crippen molar-refractivity contribution >= 4 is 5.91 Å². The van der Waals surface area contributed by atoms with Gasteiger partial charge in [0.2, 0.25) is 0 Å². The maximum Gasteiger partial charge on any atom is 0.313 e. The molecule has 0 aromatic heterocycles. The van der Waals surface area contributed by atoms with Crippen LogP contribution in [0.5, 0.6) is 0 Å². The third-order valence-corrected chi connectivity index (χ3v) is 4.34. The molecule has 18 heavy (non-hydrogen) atoms. The highest BCUT2D eigenvalue weighted by atomic mass is 16.2. The summed E-state index contributed by atoms with van der Waals surface area (Å²) in [7, 11) is 0. The van der Waals surface area contributed by atoms with E-state index in [0.29, 0.717) is 10.4 Å². The molecule has 0 saturated heterocycles. The Hall–Kier alpha value is -0.370. The van der Waals surface area contributed by atoms with E-state index in [1.807, 2.05) is 0 Å². The molecule has 0 aliphatic rings. The molecule has 0 radical (unpaired) electrons. The van der Waals surface area contributed by atoms with Crippen molar-refractivity contribution < 1.29 is 9.28 Å². The molecule has 0 aromatic carbocycles. The number of carbonyl (C=O) groups excluding carboxylic acids is 1. The number of hydrogen-bond donors (Lipinski definition) is 0. The molecule has 0 aliphatic heterocycles. The predicted octanol–water partition coefficient (Wildman–Crippen LogP) is 4.53. The average molecular weight is 256 g/mol. The minimum Gasteiger partial charge on any atom is -0.261 e. The fourth-order valence-corrected chi connectivity index (χ4v) is 2.67. The van der Waals surface area contributed by atoms with E-state index in [0.717, 1.165) is 32.5 Å². The average Bonchev–Trinajstić information content (AvgIpc) is 2.40. The third kappa shape index (κ3) is 5.99. The second-order valence-corrected chi connectivity index (χ2v) is 5.36. The van der Waals surface area contributed by atoms with Crippen LogP contribution < -0.4 is 0 Å². The van der Waals surface area contributed by atoms with Crippen LogP contribution in [-0.2, 0) is 4.79 Å². The number of unbranched alkanes of at least 4 members (excludes halogenated alkanes) is 6. The molecule has 0 heterocycles. The molecule has 0 aliphatic carbocycles. The maximum atomic E-state index is 12.3. The van der Waals surface area contributed by atoms with Gasteiger partial charge >= 0.3 is 5.91 Å². The highest BCUT2D eigenvalue weighted by Crippen LogP contribution is 2.14. The highest BCUT2D eigenvalue weighted by Gasteiger charge is 2.29. The monoisotopic (exact) mass is 256 g/mol. The predicted molar refractivity (Wildman–Crippen MR) is 79.5 cm³/mol. The summed E-state index contributed by atoms with van der Waals surface area (Å²) in [4.78, 5) is 12.3. The molecular weight excluding hydrogens is 222 g/mol. The van der Waals surface area contributed by atoms with Gasteiger partial charge in [-0.25, -0.2) is 4.79 Å². The molecule has 2 nitrogen and oxygen atoms in total. The molecule has 0 bridgehead atoms. The van der Waals surface area contributed by atoms with Crippen molar-refractivity contribution in [2.75, 3.05) is 19.6 Å². The molecule has 0 atom stereocenters. The molecule has 0 N–H and O–H groups in total. The number of carbonyl (C=O) groups is 1. The molecule has 0 spiro atoms. The molecule has 0 rings (SSSR count). The first-order valence-electron chi connectivity index (χ1n) is 8.06. The summed E-state index contributed by atoms with van der Waals surface area (Å²) < 4.78 is 0.676. The van der Waals surface area contributed by atoms with Gasteiger partial charge in [-0.2, -0.15) is 0 Å². The van der Waals surface area contributed by atoms with Crippen molar-refractivity contribution in [1.82, 2.24) is 0 Å². The number of quaternary nitrogens is 1. The molecule has 0 unspecified atom stereocenters. The Kier molecular flexibility index (Phi) is 10.3. The molecule has 1 amide bonds. The maximum absolute atomic E-state index is 12.3. The van der Waals surface area contributed by atoms with Crippen molar-refractivity contribution in [2.24, 2.45) is 0 Å². The lowest BCUT2D eigenvalue weighted by Gasteiger charge is -2.32. The van der Waals surface area contributed by atoms with E-state index < -0.39 is 0 Å². The zero-order valence-electron chi connectivity index (χ0n) is 13.1. The van der Waals surface area contributed by atoms with E-state index in [2.05, 4.69) is 27.7 Å². The van der Waals surface area contributed by atoms with Crippen LogP contribution in [0.4, 0.5) is 0 Å². The molecule has 0 fully saturated rings. The Labute approximate surface area is 114 Å². The van der Waals surface area contributed by atoms with Gasteiger partial charge in [-0.05, 0) is 27.2 Å². The number of hydrogen-bond acceptors (Lipinski definition) is 1. The van der Waals surface area contributed by atoms with Gasteiger partial charge in [-0.3, -0.25) is 4.48 Å². The lowest BCUT2D eigenvalue weighted by molar-refractivity contribution is -0.849. The summed E-state index contributed by atoms with van der Waals surface area (Å²) in [5, 5.41) is 0. The van der Waals surface area contributed by atoms with Crippen LogP contribution >= 0.6 is 0 Å². The van der Waals surface area contributed by atoms with E-state index in [1.165, 1.54) is 38.5 Å². The van der Waals surface area contributed by atoms with E-state index in [4.69, 9.17) is 0 Å². The van der Waals surface area contributed by atoms with Crippen molar-refractivity contribution in [3.63, 3.8) is 0 Å². The van der Waals surface area contributed by atoms with Gasteiger partial charge in [0.05, 0.1) is 26.1 Å². The van der Waals surface area contributed by atoms with Crippen molar-refractivity contribution in [3.05, 3.63) is 0 Å². The molecule has 0 saturated carbocycles. The van der Waals surface area contributed by atoms with E-state index in [-0.39, 0.29) is 0 Å². The smallest absolute Gasteiger partial charge is 0.261 e. The summed E-state index contributed by atoms with van der Waals surface area (Å²) >= 11 is 0. The van der Waals surface area contributed by atoms with Crippen LogP contribution in [0, 0.1) is 0 Å². The van der Waals surface area contributed by atoms with Gasteiger partial charge in [-0.15, -0.1) is 0 Å². The van der Waals surface area contributed by atoms with Gasteiger partial charge in [0.15, 0.2) is 0 Å². The fraction of sp³-hybridized carbons (Fsp3) is 0.938. The summed E-state index contributed by atoms with van der Waals surface area (Å²) in [5.74, 6) is 0.455. The summed E-state index contributed by atoms with van der Waals surface area (Å²) in [6.07, 6.45) is 9.78. The first-order valence-corrected chi connectivity index (χ1v) is 8.06. The third-order valence-electron chi connectivity index (χ3n) is 4.34. The van der Waals surface area contributed by atoms with Gasteiger partial charge in [-0.1, -0.05) is 45.4 Å². The highest BCUT2D eigenvalue weighted by molar-refractivity contribution is 5.68. The van der Waals surface area contributed by atoms with Gasteiger partial charge < -0.3 is 0 Å². The number of nitrogens with zero attached hydrogens (tertiary/aromatic N) is 1. The topological polar surface area (TPSA) is 17.1 Å². The van der Waals surface area contributed by atoms with Gasteiger partial charge in [0.1, 0.15) is 0 Å². The Bertz CT molecular complexity index is 201. The number of amides is 1. The van der Waals surface area contributed by atoms with Crippen LogP contribution in [0.15, 0.2) is 0 Å². The van der Waals surface area contributed by atoms with Crippen LogP contribution in [0.1, 0.15) is 79.1 Å². The van der Waals surface area contributed by atoms with Crippen LogP contribution in [0.2, 0.25) is 0 Å². The molecule has 2 heteroatoms. The minimum absolute atomic E-state index is 0.455. The van der Waals surface area contributed by atoms with Crippen LogP contribution in [0.25, 0.3) is 0 Å². The van der Waals surface area contributed by atoms with Crippen LogP contribution in [-0.4, -0.2) is 30.0 Å². The van der Waals surface area contributed by atoms with Crippen molar-refractivity contribution in [3.8, 4) is 0 Å². The first kappa shape index (κ1) is 17.6. The summed E-state index contributed by atoms with van der Waals surface area (Å²) in [6, 6.07) is 0. The van der Waals surface area contributed by atoms with Crippen LogP contribution in [0.3, 0.4) is 0 Å². The lowest BCUT2D eigenvalue weighted by atomic mass is 10.1. The largest absolute Gasteiger partial charge is 0.313 e. The Balaban J connectivity index is 3.75. The summed E-state index contributed by atoms with van der Waals surface area (Å²) in [5.41, 5.74) is 0. The Morgan fingerprint density at radius 2 is 1.17 bits per heavy atom. The molecule has 108 valence electrons. The van der Waals surface area contributed by atoms with Crippen molar-refractivity contribution in [2.45, 2.75) is 79.1 Å². The van der Waals surface area contributed by atoms with E-state index in [9.17, 15) is 4.79 Å². The lowest BCUT2D eigenvalue weighted by Crippen LogP contribution is -2.52. The zero-order chi connectivity index (χ0) is 13.9. The van der Waals surface area contributed by atoms with Gasteiger partial charge in [0, 0.05) is 0 Å². The number of rotatable bonds is 11. The standard InChI is InChI=1S/C16H34NO/c1-5-9-10-11-12-13-14-15-16(18)17(6-2,7-3)8-4/h5-15H2,1-4H3/q+1. The summed E-state index contributed by atoms with van der Waals surface area (Å²) in [6.45, 7) is 11.5. The fourth-order valence-electron chi connectivity index (χ4n) is 2.67. The molecular formula is C16H34NO+. The Morgan fingerprint density at radius 3 is 1.61 bits per heavy atom. The second-order valence-electron chi connectivity index (χ2n) is 5.36. The van der Waals surface area contributed by atoms with E-state index in [1.54, 1.807) is 0 Å². The van der Waals surface area contributed by atoms with E-state index >= 15 is 0 Å². The quantitative estimate of drug-likeness (QED) is 0.392. The Morgan fingerprint density at radius 1 is 0.722 bits per heavy atom. The second kappa shape index (κ2) is 10.5.